The Morgan fingerprint density at radius 1 is 1.07 bits per heavy atom. The summed E-state index contributed by atoms with van der Waals surface area (Å²) in [6.45, 7) is 3.59. The second-order valence-corrected chi connectivity index (χ2v) is 7.90. The number of hydrogen-bond donors (Lipinski definition) is 2. The summed E-state index contributed by atoms with van der Waals surface area (Å²) >= 11 is 0. The summed E-state index contributed by atoms with van der Waals surface area (Å²) < 4.78 is 38.4. The molecule has 1 aromatic rings. The molecule has 0 spiro atoms. The molecule has 0 unspecified atom stereocenters. The Balaban J connectivity index is 0.00000676. The monoisotopic (exact) mass is 515 g/mol. The standard InChI is InChI=1S/C17H29N3O5S.HI/c1-6-18-17(19-8-7-9-26(5,21)22)20-12-13-10-14(23-2)16(25-4)15(11-13)24-3;/h10-11H,6-9,12H2,1-5H3,(H2,18,19,20);1H. The van der Waals surface area contributed by atoms with E-state index in [0.717, 1.165) is 5.56 Å². The van der Waals surface area contributed by atoms with Crippen molar-refractivity contribution < 1.29 is 22.6 Å². The van der Waals surface area contributed by atoms with Crippen LogP contribution in [0.4, 0.5) is 0 Å². The third-order valence-corrected chi connectivity index (χ3v) is 4.50. The highest BCUT2D eigenvalue weighted by Gasteiger charge is 2.13. The minimum absolute atomic E-state index is 0. The Morgan fingerprint density at radius 3 is 2.11 bits per heavy atom. The molecule has 0 heterocycles. The van der Waals surface area contributed by atoms with Crippen LogP contribution in [0.25, 0.3) is 0 Å². The third kappa shape index (κ3) is 9.36. The first-order valence-corrected chi connectivity index (χ1v) is 10.4. The van der Waals surface area contributed by atoms with Crippen molar-refractivity contribution in [2.24, 2.45) is 4.99 Å². The van der Waals surface area contributed by atoms with E-state index in [-0.39, 0.29) is 29.7 Å². The fraction of sp³-hybridized carbons (Fsp3) is 0.588. The van der Waals surface area contributed by atoms with Crippen LogP contribution in [-0.4, -0.2) is 60.8 Å². The number of aliphatic imine (C=N–C) groups is 1. The van der Waals surface area contributed by atoms with Gasteiger partial charge in [0.1, 0.15) is 9.84 Å². The molecule has 10 heteroatoms. The van der Waals surface area contributed by atoms with Crippen LogP contribution in [0.5, 0.6) is 17.2 Å². The quantitative estimate of drug-likeness (QED) is 0.212. The van der Waals surface area contributed by atoms with Gasteiger partial charge in [-0.05, 0) is 31.0 Å². The van der Waals surface area contributed by atoms with E-state index in [0.29, 0.717) is 49.3 Å². The molecule has 0 saturated carbocycles. The molecule has 0 fully saturated rings. The average molecular weight is 515 g/mol. The Labute approximate surface area is 179 Å². The second-order valence-electron chi connectivity index (χ2n) is 5.64. The zero-order chi connectivity index (χ0) is 19.6. The maximum absolute atomic E-state index is 11.2. The number of guanidine groups is 1. The predicted octanol–water partition coefficient (Wildman–Crippen LogP) is 1.82. The topological polar surface area (TPSA) is 98.2 Å². The van der Waals surface area contributed by atoms with Gasteiger partial charge in [-0.3, -0.25) is 0 Å². The molecule has 0 aromatic heterocycles. The van der Waals surface area contributed by atoms with Crippen molar-refractivity contribution in [3.8, 4) is 17.2 Å². The predicted molar refractivity (Wildman–Crippen MR) is 119 cm³/mol. The molecule has 0 aliphatic carbocycles. The average Bonchev–Trinajstić information content (AvgIpc) is 2.61. The molecule has 8 nitrogen and oxygen atoms in total. The molecule has 0 bridgehead atoms. The van der Waals surface area contributed by atoms with E-state index in [1.807, 2.05) is 19.1 Å². The first kappa shape index (κ1) is 25.6. The van der Waals surface area contributed by atoms with Gasteiger partial charge in [0.2, 0.25) is 5.75 Å². The van der Waals surface area contributed by atoms with Crippen molar-refractivity contribution in [3.63, 3.8) is 0 Å². The highest BCUT2D eigenvalue weighted by Crippen LogP contribution is 2.38. The van der Waals surface area contributed by atoms with Gasteiger partial charge in [0, 0.05) is 19.3 Å². The number of methoxy groups -OCH3 is 3. The highest BCUT2D eigenvalue weighted by molar-refractivity contribution is 14.0. The zero-order valence-corrected chi connectivity index (χ0v) is 19.6. The number of halogens is 1. The van der Waals surface area contributed by atoms with Crippen LogP contribution in [0.2, 0.25) is 0 Å². The Kier molecular flexibility index (Phi) is 12.2. The summed E-state index contributed by atoms with van der Waals surface area (Å²) in [6.07, 6.45) is 1.75. The number of nitrogens with one attached hydrogen (secondary N) is 2. The first-order chi connectivity index (χ1) is 12.3. The minimum Gasteiger partial charge on any atom is -0.493 e. The minimum atomic E-state index is -2.95. The van der Waals surface area contributed by atoms with Crippen LogP contribution in [0.3, 0.4) is 0 Å². The Morgan fingerprint density at radius 2 is 1.67 bits per heavy atom. The lowest BCUT2D eigenvalue weighted by Gasteiger charge is -2.14. The van der Waals surface area contributed by atoms with Gasteiger partial charge in [0.05, 0.1) is 33.6 Å². The van der Waals surface area contributed by atoms with Crippen molar-refractivity contribution in [2.75, 3.05) is 46.4 Å². The van der Waals surface area contributed by atoms with Crippen LogP contribution in [0.1, 0.15) is 18.9 Å². The molecule has 0 amide bonds. The molecular weight excluding hydrogens is 485 g/mol. The molecule has 1 aromatic carbocycles. The van der Waals surface area contributed by atoms with Gasteiger partial charge < -0.3 is 24.8 Å². The van der Waals surface area contributed by atoms with Gasteiger partial charge in [-0.1, -0.05) is 0 Å². The summed E-state index contributed by atoms with van der Waals surface area (Å²) in [5.41, 5.74) is 0.896. The number of nitrogens with zero attached hydrogens (tertiary/aromatic N) is 1. The van der Waals surface area contributed by atoms with Crippen LogP contribution in [0, 0.1) is 0 Å². The first-order valence-electron chi connectivity index (χ1n) is 8.33. The normalized spacial score (nSPS) is 11.4. The lowest BCUT2D eigenvalue weighted by molar-refractivity contribution is 0.324. The number of ether oxygens (including phenoxy) is 3. The van der Waals surface area contributed by atoms with Gasteiger partial charge in [0.15, 0.2) is 17.5 Å². The molecule has 2 N–H and O–H groups in total. The maximum atomic E-state index is 11.2. The van der Waals surface area contributed by atoms with Gasteiger partial charge in [-0.2, -0.15) is 0 Å². The van der Waals surface area contributed by atoms with Crippen LogP contribution in [0.15, 0.2) is 17.1 Å². The maximum Gasteiger partial charge on any atom is 0.203 e. The van der Waals surface area contributed by atoms with E-state index in [1.165, 1.54) is 6.26 Å². The van der Waals surface area contributed by atoms with E-state index in [2.05, 4.69) is 15.6 Å². The summed E-state index contributed by atoms with van der Waals surface area (Å²) in [5.74, 6) is 2.45. The molecule has 27 heavy (non-hydrogen) atoms. The molecule has 0 atom stereocenters. The molecule has 0 radical (unpaired) electrons. The zero-order valence-electron chi connectivity index (χ0n) is 16.5. The van der Waals surface area contributed by atoms with Gasteiger partial charge in [-0.25, -0.2) is 13.4 Å². The van der Waals surface area contributed by atoms with E-state index < -0.39 is 9.84 Å². The lowest BCUT2D eigenvalue weighted by Crippen LogP contribution is -2.38. The fourth-order valence-corrected chi connectivity index (χ4v) is 2.95. The molecule has 156 valence electrons. The Bertz CT molecular complexity index is 686. The smallest absolute Gasteiger partial charge is 0.203 e. The van der Waals surface area contributed by atoms with Crippen LogP contribution >= 0.6 is 24.0 Å². The van der Waals surface area contributed by atoms with Crippen LogP contribution in [-0.2, 0) is 16.4 Å². The SMILES string of the molecule is CCNC(=NCc1cc(OC)c(OC)c(OC)c1)NCCCS(C)(=O)=O.I. The number of rotatable bonds is 10. The Hall–Kier alpha value is -1.43. The number of sulfone groups is 1. The van der Waals surface area contributed by atoms with Crippen molar-refractivity contribution >= 4 is 39.8 Å². The van der Waals surface area contributed by atoms with Crippen molar-refractivity contribution in [2.45, 2.75) is 19.9 Å². The molecule has 0 aliphatic rings. The summed E-state index contributed by atoms with van der Waals surface area (Å²) in [7, 11) is 1.74. The van der Waals surface area contributed by atoms with Gasteiger partial charge in [-0.15, -0.1) is 24.0 Å². The summed E-state index contributed by atoms with van der Waals surface area (Å²) in [5, 5.41) is 6.26. The van der Waals surface area contributed by atoms with Crippen molar-refractivity contribution in [1.82, 2.24) is 10.6 Å². The number of benzene rings is 1. The van der Waals surface area contributed by atoms with Gasteiger partial charge >= 0.3 is 0 Å². The fourth-order valence-electron chi connectivity index (χ4n) is 2.28. The van der Waals surface area contributed by atoms with E-state index in [4.69, 9.17) is 14.2 Å². The van der Waals surface area contributed by atoms with E-state index in [9.17, 15) is 8.42 Å². The van der Waals surface area contributed by atoms with E-state index >= 15 is 0 Å². The van der Waals surface area contributed by atoms with Crippen molar-refractivity contribution in [1.29, 1.82) is 0 Å². The van der Waals surface area contributed by atoms with Crippen LogP contribution < -0.4 is 24.8 Å². The summed E-state index contributed by atoms with van der Waals surface area (Å²) in [6, 6.07) is 3.69. The van der Waals surface area contributed by atoms with E-state index in [1.54, 1.807) is 21.3 Å². The van der Waals surface area contributed by atoms with Gasteiger partial charge in [0.25, 0.3) is 0 Å². The molecule has 0 saturated heterocycles. The highest BCUT2D eigenvalue weighted by atomic mass is 127. The molecule has 0 aliphatic heterocycles. The largest absolute Gasteiger partial charge is 0.493 e. The third-order valence-electron chi connectivity index (χ3n) is 3.47. The summed E-state index contributed by atoms with van der Waals surface area (Å²) in [4.78, 5) is 4.52. The second kappa shape index (κ2) is 12.9. The van der Waals surface area contributed by atoms with Crippen molar-refractivity contribution in [3.05, 3.63) is 17.7 Å². The lowest BCUT2D eigenvalue weighted by atomic mass is 10.2. The molecular formula is C17H30IN3O5S. The number of hydrogen-bond acceptors (Lipinski definition) is 6. The molecule has 1 rings (SSSR count).